The minimum Gasteiger partial charge on any atom is -0.477 e. The van der Waals surface area contributed by atoms with Crippen LogP contribution in [0.25, 0.3) is 11.0 Å². The number of carboxylic acid groups (broad SMARTS) is 1. The van der Waals surface area contributed by atoms with Crippen molar-refractivity contribution < 1.29 is 27.8 Å². The fourth-order valence-electron chi connectivity index (χ4n) is 4.10. The molecule has 33 heavy (non-hydrogen) atoms. The van der Waals surface area contributed by atoms with Crippen molar-refractivity contribution in [3.63, 3.8) is 0 Å². The van der Waals surface area contributed by atoms with E-state index < -0.39 is 28.7 Å². The van der Waals surface area contributed by atoms with Crippen LogP contribution in [0, 0.1) is 6.92 Å². The third-order valence-electron chi connectivity index (χ3n) is 5.84. The number of anilines is 1. The van der Waals surface area contributed by atoms with E-state index in [9.17, 15) is 27.9 Å². The van der Waals surface area contributed by atoms with E-state index in [4.69, 9.17) is 4.74 Å². The van der Waals surface area contributed by atoms with E-state index in [0.717, 1.165) is 11.8 Å². The number of fused-ring (bicyclic) bond motifs is 1. The molecule has 0 spiro atoms. The summed E-state index contributed by atoms with van der Waals surface area (Å²) in [7, 11) is 0. The molecular weight excluding hydrogens is 439 g/mol. The summed E-state index contributed by atoms with van der Waals surface area (Å²) in [5, 5.41) is 9.50. The van der Waals surface area contributed by atoms with Crippen LogP contribution in [-0.2, 0) is 17.5 Å². The first-order valence-corrected chi connectivity index (χ1v) is 10.3. The van der Waals surface area contributed by atoms with Crippen molar-refractivity contribution in [2.24, 2.45) is 0 Å². The highest BCUT2D eigenvalue weighted by Crippen LogP contribution is 2.33. The summed E-state index contributed by atoms with van der Waals surface area (Å²) in [5.41, 5.74) is -0.581. The molecular formula is C23H22F3N3O4. The number of aromatic nitrogens is 2. The number of hydrogen-bond donors (Lipinski definition) is 1. The standard InChI is InChI=1S/C23H22F3N3O4/c1-13-10-28(6-7-33-13)16-8-19-20(27-9-16)21(30)17(22(31)32)12-29(19)11-15-4-3-5-18(14(15)2)23(24,25)26/h3-5,8-9,12-13H,6-7,10-11H2,1-2H3,(H,31,32)/t13-/m1/s1. The van der Waals surface area contributed by atoms with Gasteiger partial charge in [-0.3, -0.25) is 4.79 Å². The third kappa shape index (κ3) is 4.43. The second-order valence-corrected chi connectivity index (χ2v) is 8.08. The van der Waals surface area contributed by atoms with Crippen LogP contribution in [-0.4, -0.2) is 46.4 Å². The van der Waals surface area contributed by atoms with Gasteiger partial charge in [0.15, 0.2) is 0 Å². The lowest BCUT2D eigenvalue weighted by Gasteiger charge is -2.32. The van der Waals surface area contributed by atoms with Crippen LogP contribution in [0.2, 0.25) is 0 Å². The molecule has 1 aromatic carbocycles. The number of halogens is 3. The van der Waals surface area contributed by atoms with Gasteiger partial charge in [-0.15, -0.1) is 0 Å². The average molecular weight is 461 g/mol. The highest BCUT2D eigenvalue weighted by atomic mass is 19.4. The summed E-state index contributed by atoms with van der Waals surface area (Å²) in [6.07, 6.45) is -1.84. The van der Waals surface area contributed by atoms with E-state index in [-0.39, 0.29) is 23.7 Å². The average Bonchev–Trinajstić information content (AvgIpc) is 2.75. The van der Waals surface area contributed by atoms with E-state index in [1.807, 2.05) is 11.8 Å². The van der Waals surface area contributed by atoms with Crippen LogP contribution in [0.1, 0.15) is 34.0 Å². The highest BCUT2D eigenvalue weighted by Gasteiger charge is 2.33. The Balaban J connectivity index is 1.87. The number of carboxylic acids is 1. The summed E-state index contributed by atoms with van der Waals surface area (Å²) in [4.78, 5) is 30.7. The molecule has 0 aliphatic carbocycles. The number of alkyl halides is 3. The summed E-state index contributed by atoms with van der Waals surface area (Å²) < 4.78 is 47.2. The maximum absolute atomic E-state index is 13.4. The molecule has 174 valence electrons. The van der Waals surface area contributed by atoms with Gasteiger partial charge in [0.1, 0.15) is 11.1 Å². The zero-order valence-electron chi connectivity index (χ0n) is 18.0. The molecule has 7 nitrogen and oxygen atoms in total. The molecule has 0 unspecified atom stereocenters. The van der Waals surface area contributed by atoms with Crippen molar-refractivity contribution in [2.45, 2.75) is 32.7 Å². The summed E-state index contributed by atoms with van der Waals surface area (Å²) in [6, 6.07) is 5.59. The van der Waals surface area contributed by atoms with Crippen molar-refractivity contribution in [3.8, 4) is 0 Å². The first kappa shape index (κ1) is 22.8. The maximum Gasteiger partial charge on any atom is 0.416 e. The molecule has 1 saturated heterocycles. The predicted octanol–water partition coefficient (Wildman–Crippen LogP) is 3.70. The Hall–Kier alpha value is -3.40. The minimum absolute atomic E-state index is 0.00113. The summed E-state index contributed by atoms with van der Waals surface area (Å²) >= 11 is 0. The first-order chi connectivity index (χ1) is 15.6. The molecule has 1 aliphatic rings. The van der Waals surface area contributed by atoms with E-state index in [0.29, 0.717) is 30.8 Å². The number of ether oxygens (including phenoxy) is 1. The smallest absolute Gasteiger partial charge is 0.416 e. The zero-order chi connectivity index (χ0) is 23.9. The Labute approximate surface area is 187 Å². The monoisotopic (exact) mass is 461 g/mol. The number of benzene rings is 1. The zero-order valence-corrected chi connectivity index (χ0v) is 18.0. The van der Waals surface area contributed by atoms with Crippen LogP contribution < -0.4 is 10.3 Å². The Kier molecular flexibility index (Phi) is 5.87. The number of rotatable bonds is 4. The number of pyridine rings is 2. The SMILES string of the molecule is Cc1c(Cn2cc(C(=O)O)c(=O)c3ncc(N4CCO[C@H](C)C4)cc32)cccc1C(F)(F)F. The topological polar surface area (TPSA) is 84.7 Å². The van der Waals surface area contributed by atoms with Crippen LogP contribution in [0.5, 0.6) is 0 Å². The lowest BCUT2D eigenvalue weighted by Crippen LogP contribution is -2.41. The van der Waals surface area contributed by atoms with E-state index >= 15 is 0 Å². The second-order valence-electron chi connectivity index (χ2n) is 8.08. The molecule has 0 radical (unpaired) electrons. The normalized spacial score (nSPS) is 16.9. The van der Waals surface area contributed by atoms with Crippen molar-refractivity contribution >= 4 is 22.7 Å². The van der Waals surface area contributed by atoms with Crippen LogP contribution in [0.3, 0.4) is 0 Å². The number of carbonyl (C=O) groups is 1. The van der Waals surface area contributed by atoms with Gasteiger partial charge in [-0.05, 0) is 37.1 Å². The fraction of sp³-hybridized carbons (Fsp3) is 0.348. The lowest BCUT2D eigenvalue weighted by atomic mass is 10.0. The summed E-state index contributed by atoms with van der Waals surface area (Å²) in [6.45, 7) is 5.00. The molecule has 1 N–H and O–H groups in total. The van der Waals surface area contributed by atoms with Gasteiger partial charge < -0.3 is 19.3 Å². The van der Waals surface area contributed by atoms with E-state index in [2.05, 4.69) is 4.98 Å². The van der Waals surface area contributed by atoms with Crippen molar-refractivity contribution in [1.29, 1.82) is 0 Å². The third-order valence-corrected chi connectivity index (χ3v) is 5.84. The molecule has 0 amide bonds. The van der Waals surface area contributed by atoms with Crippen LogP contribution in [0.4, 0.5) is 18.9 Å². The van der Waals surface area contributed by atoms with Gasteiger partial charge in [0.2, 0.25) is 5.43 Å². The van der Waals surface area contributed by atoms with Gasteiger partial charge >= 0.3 is 12.1 Å². The van der Waals surface area contributed by atoms with Crippen molar-refractivity contribution in [1.82, 2.24) is 9.55 Å². The van der Waals surface area contributed by atoms with Gasteiger partial charge in [-0.2, -0.15) is 13.2 Å². The van der Waals surface area contributed by atoms with Gasteiger partial charge in [-0.25, -0.2) is 9.78 Å². The Morgan fingerprint density at radius 3 is 2.76 bits per heavy atom. The highest BCUT2D eigenvalue weighted by molar-refractivity contribution is 5.92. The quantitative estimate of drug-likeness (QED) is 0.638. The molecule has 3 heterocycles. The predicted molar refractivity (Wildman–Crippen MR) is 116 cm³/mol. The Bertz CT molecular complexity index is 1290. The number of aromatic carboxylic acids is 1. The molecule has 1 atom stereocenters. The number of hydrogen-bond acceptors (Lipinski definition) is 5. The Morgan fingerprint density at radius 2 is 2.09 bits per heavy atom. The molecule has 0 saturated carbocycles. The number of morpholine rings is 1. The van der Waals surface area contributed by atoms with Crippen molar-refractivity contribution in [2.75, 3.05) is 24.6 Å². The summed E-state index contributed by atoms with van der Waals surface area (Å²) in [5.74, 6) is -1.43. The van der Waals surface area contributed by atoms with Gasteiger partial charge in [0.25, 0.3) is 0 Å². The first-order valence-electron chi connectivity index (χ1n) is 10.3. The van der Waals surface area contributed by atoms with Gasteiger partial charge in [-0.1, -0.05) is 12.1 Å². The van der Waals surface area contributed by atoms with Crippen LogP contribution in [0.15, 0.2) is 41.5 Å². The van der Waals surface area contributed by atoms with E-state index in [1.165, 1.54) is 30.0 Å². The molecule has 1 aliphatic heterocycles. The Morgan fingerprint density at radius 1 is 1.33 bits per heavy atom. The van der Waals surface area contributed by atoms with Crippen LogP contribution >= 0.6 is 0 Å². The fourth-order valence-corrected chi connectivity index (χ4v) is 4.10. The minimum atomic E-state index is -4.51. The molecule has 1 fully saturated rings. The molecule has 4 rings (SSSR count). The molecule has 10 heteroatoms. The molecule has 2 aromatic heterocycles. The van der Waals surface area contributed by atoms with E-state index in [1.54, 1.807) is 12.1 Å². The van der Waals surface area contributed by atoms with Crippen molar-refractivity contribution in [3.05, 3.63) is 69.1 Å². The van der Waals surface area contributed by atoms with Gasteiger partial charge in [0.05, 0.1) is 35.7 Å². The largest absolute Gasteiger partial charge is 0.477 e. The lowest BCUT2D eigenvalue weighted by molar-refractivity contribution is -0.138. The molecule has 3 aromatic rings. The second kappa shape index (κ2) is 8.51. The van der Waals surface area contributed by atoms with Gasteiger partial charge in [0, 0.05) is 25.8 Å². The number of nitrogens with zero attached hydrogens (tertiary/aromatic N) is 3. The molecule has 0 bridgehead atoms. The maximum atomic E-state index is 13.4.